The Morgan fingerprint density at radius 2 is 1.67 bits per heavy atom. The van der Waals surface area contributed by atoms with Crippen LogP contribution in [-0.2, 0) is 14.3 Å². The zero-order valence-electron chi connectivity index (χ0n) is 19.0. The quantitative estimate of drug-likeness (QED) is 0.616. The van der Waals surface area contributed by atoms with Crippen molar-refractivity contribution in [2.45, 2.75) is 57.0 Å². The summed E-state index contributed by atoms with van der Waals surface area (Å²) in [6, 6.07) is 15.3. The average Bonchev–Trinajstić information content (AvgIpc) is 3.11. The van der Waals surface area contributed by atoms with Crippen molar-refractivity contribution in [2.24, 2.45) is 5.92 Å². The lowest BCUT2D eigenvalue weighted by atomic mass is 9.73. The third-order valence-corrected chi connectivity index (χ3v) is 6.98. The van der Waals surface area contributed by atoms with E-state index in [4.69, 9.17) is 9.84 Å². The first-order valence-electron chi connectivity index (χ1n) is 11.5. The number of benzene rings is 2. The topological polar surface area (TPSA) is 105 Å². The minimum atomic E-state index is -1.09. The molecule has 2 aliphatic rings. The Hall–Kier alpha value is -3.35. The van der Waals surface area contributed by atoms with Crippen molar-refractivity contribution < 1.29 is 24.2 Å². The van der Waals surface area contributed by atoms with E-state index in [0.29, 0.717) is 12.8 Å². The van der Waals surface area contributed by atoms with Crippen LogP contribution in [0.15, 0.2) is 48.5 Å². The van der Waals surface area contributed by atoms with E-state index in [1.165, 1.54) is 6.92 Å². The minimum absolute atomic E-state index is 0.0437. The van der Waals surface area contributed by atoms with Crippen molar-refractivity contribution >= 4 is 18.0 Å². The zero-order chi connectivity index (χ0) is 23.6. The van der Waals surface area contributed by atoms with Crippen LogP contribution in [0.3, 0.4) is 0 Å². The van der Waals surface area contributed by atoms with Crippen LogP contribution in [0, 0.1) is 5.92 Å². The van der Waals surface area contributed by atoms with Crippen LogP contribution in [0.4, 0.5) is 4.79 Å². The van der Waals surface area contributed by atoms with Crippen LogP contribution < -0.4 is 10.6 Å². The fourth-order valence-electron chi connectivity index (χ4n) is 5.15. The molecule has 1 saturated carbocycles. The Kier molecular flexibility index (Phi) is 6.40. The van der Waals surface area contributed by atoms with E-state index in [0.717, 1.165) is 35.1 Å². The predicted molar refractivity (Wildman–Crippen MR) is 124 cm³/mol. The van der Waals surface area contributed by atoms with E-state index in [-0.39, 0.29) is 18.4 Å². The predicted octanol–water partition coefficient (Wildman–Crippen LogP) is 4.06. The van der Waals surface area contributed by atoms with Crippen LogP contribution in [-0.4, -0.2) is 41.3 Å². The van der Waals surface area contributed by atoms with Gasteiger partial charge in [0.2, 0.25) is 5.91 Å². The van der Waals surface area contributed by atoms with Gasteiger partial charge >= 0.3 is 12.1 Å². The normalized spacial score (nSPS) is 22.5. The van der Waals surface area contributed by atoms with Crippen LogP contribution in [0.25, 0.3) is 11.1 Å². The molecule has 3 N–H and O–H groups in total. The molecule has 7 nitrogen and oxygen atoms in total. The molecule has 0 aromatic heterocycles. The van der Waals surface area contributed by atoms with Gasteiger partial charge in [-0.25, -0.2) is 4.79 Å². The molecule has 1 fully saturated rings. The van der Waals surface area contributed by atoms with E-state index >= 15 is 0 Å². The molecular formula is C26H30N2O5. The number of alkyl carbamates (subject to hydrolysis) is 1. The number of carbonyl (C=O) groups is 3. The van der Waals surface area contributed by atoms with Gasteiger partial charge in [0.05, 0.1) is 11.5 Å². The van der Waals surface area contributed by atoms with Gasteiger partial charge in [-0.2, -0.15) is 0 Å². The number of amides is 2. The number of carbonyl (C=O) groups excluding carboxylic acids is 2. The molecule has 0 spiro atoms. The fraction of sp³-hybridized carbons (Fsp3) is 0.423. The summed E-state index contributed by atoms with van der Waals surface area (Å²) in [6.07, 6.45) is 2.36. The number of aliphatic carboxylic acids is 1. The molecule has 0 heterocycles. The molecule has 4 rings (SSSR count). The fourth-order valence-corrected chi connectivity index (χ4v) is 5.15. The Labute approximate surface area is 193 Å². The largest absolute Gasteiger partial charge is 0.480 e. The summed E-state index contributed by atoms with van der Waals surface area (Å²) >= 11 is 0. The van der Waals surface area contributed by atoms with Crippen molar-refractivity contribution in [3.8, 4) is 11.1 Å². The second-order valence-corrected chi connectivity index (χ2v) is 9.23. The highest BCUT2D eigenvalue weighted by Gasteiger charge is 2.43. The Bertz CT molecular complexity index is 1020. The highest BCUT2D eigenvalue weighted by Crippen LogP contribution is 2.44. The number of rotatable bonds is 6. The van der Waals surface area contributed by atoms with E-state index in [9.17, 15) is 14.4 Å². The van der Waals surface area contributed by atoms with Crippen LogP contribution in [0.2, 0.25) is 0 Å². The number of fused-ring (bicyclic) bond motifs is 3. The maximum Gasteiger partial charge on any atom is 0.407 e. The molecule has 174 valence electrons. The van der Waals surface area contributed by atoms with Crippen molar-refractivity contribution in [1.82, 2.24) is 10.6 Å². The van der Waals surface area contributed by atoms with Crippen LogP contribution in [0.5, 0.6) is 0 Å². The maximum absolute atomic E-state index is 12.8. The molecule has 0 bridgehead atoms. The van der Waals surface area contributed by atoms with Gasteiger partial charge in [-0.05, 0) is 48.9 Å². The zero-order valence-corrected chi connectivity index (χ0v) is 19.0. The average molecular weight is 451 g/mol. The number of carboxylic acid groups (broad SMARTS) is 1. The molecule has 0 radical (unpaired) electrons. The van der Waals surface area contributed by atoms with Crippen LogP contribution in [0.1, 0.15) is 56.6 Å². The number of carboxylic acids is 1. The summed E-state index contributed by atoms with van der Waals surface area (Å²) < 4.78 is 5.68. The van der Waals surface area contributed by atoms with Crippen molar-refractivity contribution in [3.63, 3.8) is 0 Å². The Morgan fingerprint density at radius 3 is 2.27 bits per heavy atom. The smallest absolute Gasteiger partial charge is 0.407 e. The molecule has 3 unspecified atom stereocenters. The standard InChI is InChI=1S/C26H30N2O5/c1-16(24(30)31)27-23(29)22-13-7-8-14-26(22,2)28-25(32)33-15-21-19-11-5-3-9-17(19)18-10-4-6-12-20(18)21/h3-6,9-12,16,21-22H,7-8,13-15H2,1-2H3,(H,27,29)(H,28,32)(H,30,31). The summed E-state index contributed by atoms with van der Waals surface area (Å²) in [5.74, 6) is -2.01. The van der Waals surface area contributed by atoms with Gasteiger partial charge < -0.3 is 20.5 Å². The highest BCUT2D eigenvalue weighted by atomic mass is 16.5. The van der Waals surface area contributed by atoms with Gasteiger partial charge in [-0.1, -0.05) is 61.4 Å². The lowest BCUT2D eigenvalue weighted by Gasteiger charge is -2.41. The summed E-state index contributed by atoms with van der Waals surface area (Å²) in [6.45, 7) is 3.46. The Balaban J connectivity index is 1.44. The first kappa shape index (κ1) is 22.8. The van der Waals surface area contributed by atoms with E-state index in [2.05, 4.69) is 34.9 Å². The van der Waals surface area contributed by atoms with Gasteiger partial charge in [0.15, 0.2) is 0 Å². The molecule has 3 atom stereocenters. The van der Waals surface area contributed by atoms with E-state index < -0.39 is 29.6 Å². The third kappa shape index (κ3) is 4.58. The van der Waals surface area contributed by atoms with Gasteiger partial charge in [0.25, 0.3) is 0 Å². The van der Waals surface area contributed by atoms with E-state index in [1.54, 1.807) is 0 Å². The monoisotopic (exact) mass is 450 g/mol. The first-order valence-corrected chi connectivity index (χ1v) is 11.5. The number of nitrogens with one attached hydrogen (secondary N) is 2. The summed E-state index contributed by atoms with van der Waals surface area (Å²) in [7, 11) is 0. The molecule has 0 aliphatic heterocycles. The second kappa shape index (κ2) is 9.25. The molecule has 2 amide bonds. The summed E-state index contributed by atoms with van der Waals surface area (Å²) in [4.78, 5) is 36.8. The van der Waals surface area contributed by atoms with Crippen LogP contribution >= 0.6 is 0 Å². The van der Waals surface area contributed by atoms with Gasteiger partial charge in [-0.3, -0.25) is 9.59 Å². The SMILES string of the molecule is CC(NC(=O)C1CCCCC1(C)NC(=O)OCC1c2ccccc2-c2ccccc21)C(=O)O. The molecule has 0 saturated heterocycles. The van der Waals surface area contributed by atoms with Gasteiger partial charge in [-0.15, -0.1) is 0 Å². The minimum Gasteiger partial charge on any atom is -0.480 e. The second-order valence-electron chi connectivity index (χ2n) is 9.23. The molecule has 2 aliphatic carbocycles. The molecule has 7 heteroatoms. The van der Waals surface area contributed by atoms with Gasteiger partial charge in [0, 0.05) is 5.92 Å². The maximum atomic E-state index is 12.8. The lowest BCUT2D eigenvalue weighted by molar-refractivity contribution is -0.142. The van der Waals surface area contributed by atoms with Crippen molar-refractivity contribution in [1.29, 1.82) is 0 Å². The summed E-state index contributed by atoms with van der Waals surface area (Å²) in [5, 5.41) is 14.6. The molecule has 2 aromatic carbocycles. The number of ether oxygens (including phenoxy) is 1. The van der Waals surface area contributed by atoms with Gasteiger partial charge in [0.1, 0.15) is 12.6 Å². The molecule has 2 aromatic rings. The van der Waals surface area contributed by atoms with E-state index in [1.807, 2.05) is 31.2 Å². The molecular weight excluding hydrogens is 420 g/mol. The third-order valence-electron chi connectivity index (χ3n) is 6.98. The first-order chi connectivity index (χ1) is 15.8. The Morgan fingerprint density at radius 1 is 1.06 bits per heavy atom. The summed E-state index contributed by atoms with van der Waals surface area (Å²) in [5.41, 5.74) is 3.78. The highest BCUT2D eigenvalue weighted by molar-refractivity contribution is 5.86. The van der Waals surface area contributed by atoms with Crippen molar-refractivity contribution in [3.05, 3.63) is 59.7 Å². The lowest BCUT2D eigenvalue weighted by Crippen LogP contribution is -2.58. The number of hydrogen-bond donors (Lipinski definition) is 3. The van der Waals surface area contributed by atoms with Crippen molar-refractivity contribution in [2.75, 3.05) is 6.61 Å². The number of hydrogen-bond acceptors (Lipinski definition) is 4. The molecule has 33 heavy (non-hydrogen) atoms.